The summed E-state index contributed by atoms with van der Waals surface area (Å²) >= 11 is 0. The van der Waals surface area contributed by atoms with E-state index in [1.165, 1.54) is 0 Å². The Labute approximate surface area is 169 Å². The zero-order chi connectivity index (χ0) is 20.5. The van der Waals surface area contributed by atoms with Crippen LogP contribution in [-0.2, 0) is 6.54 Å². The number of para-hydroxylation sites is 1. The minimum absolute atomic E-state index is 0.192. The maximum Gasteiger partial charge on any atom is 0.338 e. The van der Waals surface area contributed by atoms with Crippen molar-refractivity contribution in [3.05, 3.63) is 76.2 Å². The van der Waals surface area contributed by atoms with E-state index in [0.717, 1.165) is 13.1 Å². The smallest absolute Gasteiger partial charge is 0.338 e. The van der Waals surface area contributed by atoms with E-state index in [-0.39, 0.29) is 11.1 Å². The zero-order valence-electron chi connectivity index (χ0n) is 16.6. The lowest BCUT2D eigenvalue weighted by molar-refractivity contribution is 0.0694. The number of nitrogens with zero attached hydrogens (tertiary/aromatic N) is 2. The highest BCUT2D eigenvalue weighted by Crippen LogP contribution is 2.24. The molecule has 0 bridgehead atoms. The first-order valence-electron chi connectivity index (χ1n) is 9.89. The van der Waals surface area contributed by atoms with Crippen molar-refractivity contribution in [2.24, 2.45) is 0 Å². The third-order valence-corrected chi connectivity index (χ3v) is 5.42. The SMILES string of the molecule is CC1CN(Cc2c(C(=O)O)c3ccccc3c(=O)n2-c2ccccc2)CC(C)N1. The second kappa shape index (κ2) is 7.81. The second-order valence-corrected chi connectivity index (χ2v) is 7.81. The van der Waals surface area contributed by atoms with Crippen LogP contribution in [0, 0.1) is 0 Å². The van der Waals surface area contributed by atoms with Gasteiger partial charge in [-0.3, -0.25) is 14.3 Å². The monoisotopic (exact) mass is 391 g/mol. The maximum absolute atomic E-state index is 13.4. The van der Waals surface area contributed by atoms with Gasteiger partial charge in [-0.25, -0.2) is 4.79 Å². The minimum atomic E-state index is -1.02. The highest BCUT2D eigenvalue weighted by molar-refractivity contribution is 6.04. The number of carboxylic acids is 1. The molecule has 1 saturated heterocycles. The fraction of sp³-hybridized carbons (Fsp3) is 0.304. The van der Waals surface area contributed by atoms with Gasteiger partial charge in [0.2, 0.25) is 0 Å². The van der Waals surface area contributed by atoms with Crippen LogP contribution < -0.4 is 10.9 Å². The Morgan fingerprint density at radius 2 is 1.59 bits per heavy atom. The molecule has 0 saturated carbocycles. The normalized spacial score (nSPS) is 20.1. The van der Waals surface area contributed by atoms with Gasteiger partial charge in [0.15, 0.2) is 0 Å². The molecule has 1 aliphatic heterocycles. The van der Waals surface area contributed by atoms with Crippen molar-refractivity contribution in [3.8, 4) is 5.69 Å². The molecule has 2 N–H and O–H groups in total. The van der Waals surface area contributed by atoms with Crippen LogP contribution in [0.4, 0.5) is 0 Å². The van der Waals surface area contributed by atoms with Gasteiger partial charge in [0.25, 0.3) is 5.56 Å². The molecular weight excluding hydrogens is 366 g/mol. The predicted octanol–water partition coefficient (Wildman–Crippen LogP) is 2.87. The number of rotatable bonds is 4. The summed E-state index contributed by atoms with van der Waals surface area (Å²) in [5.41, 5.74) is 1.21. The fourth-order valence-corrected chi connectivity index (χ4v) is 4.42. The summed E-state index contributed by atoms with van der Waals surface area (Å²) in [6.45, 7) is 6.21. The van der Waals surface area contributed by atoms with Gasteiger partial charge in [-0.2, -0.15) is 0 Å². The van der Waals surface area contributed by atoms with Crippen molar-refractivity contribution >= 4 is 16.7 Å². The summed E-state index contributed by atoms with van der Waals surface area (Å²) < 4.78 is 1.57. The lowest BCUT2D eigenvalue weighted by Crippen LogP contribution is -2.54. The van der Waals surface area contributed by atoms with Crippen LogP contribution in [-0.4, -0.2) is 45.7 Å². The number of benzene rings is 2. The number of fused-ring (bicyclic) bond motifs is 1. The molecule has 1 aromatic heterocycles. The Hall–Kier alpha value is -2.96. The van der Waals surface area contributed by atoms with Gasteiger partial charge in [-0.05, 0) is 32.0 Å². The molecule has 6 heteroatoms. The number of hydrogen-bond donors (Lipinski definition) is 2. The van der Waals surface area contributed by atoms with Gasteiger partial charge >= 0.3 is 5.97 Å². The van der Waals surface area contributed by atoms with Crippen LogP contribution in [0.1, 0.15) is 29.9 Å². The van der Waals surface area contributed by atoms with Crippen molar-refractivity contribution in [1.82, 2.24) is 14.8 Å². The molecule has 29 heavy (non-hydrogen) atoms. The van der Waals surface area contributed by atoms with Crippen molar-refractivity contribution in [2.45, 2.75) is 32.5 Å². The number of hydrogen-bond acceptors (Lipinski definition) is 4. The van der Waals surface area contributed by atoms with Crippen LogP contribution in [0.25, 0.3) is 16.5 Å². The second-order valence-electron chi connectivity index (χ2n) is 7.81. The standard InChI is InChI=1S/C23H25N3O3/c1-15-12-25(13-16(2)24-15)14-20-21(23(28)29)18-10-6-7-11-19(18)22(27)26(20)17-8-4-3-5-9-17/h3-11,15-16,24H,12-14H2,1-2H3,(H,28,29). The molecule has 6 nitrogen and oxygen atoms in total. The van der Waals surface area contributed by atoms with Gasteiger partial charge in [-0.15, -0.1) is 0 Å². The molecule has 150 valence electrons. The third kappa shape index (κ3) is 3.69. The first-order chi connectivity index (χ1) is 14.0. The van der Waals surface area contributed by atoms with E-state index in [1.54, 1.807) is 28.8 Å². The van der Waals surface area contributed by atoms with Gasteiger partial charge < -0.3 is 10.4 Å². The Kier molecular flexibility index (Phi) is 5.22. The first-order valence-corrected chi connectivity index (χ1v) is 9.89. The van der Waals surface area contributed by atoms with Crippen LogP contribution in [0.2, 0.25) is 0 Å². The van der Waals surface area contributed by atoms with Gasteiger partial charge in [0.05, 0.1) is 11.3 Å². The van der Waals surface area contributed by atoms with E-state index in [2.05, 4.69) is 24.1 Å². The minimum Gasteiger partial charge on any atom is -0.478 e. The van der Waals surface area contributed by atoms with Gasteiger partial charge in [0, 0.05) is 48.2 Å². The van der Waals surface area contributed by atoms with Gasteiger partial charge in [-0.1, -0.05) is 36.4 Å². The highest BCUT2D eigenvalue weighted by Gasteiger charge is 2.27. The van der Waals surface area contributed by atoms with Crippen molar-refractivity contribution < 1.29 is 9.90 Å². The molecule has 0 aliphatic carbocycles. The molecule has 2 heterocycles. The van der Waals surface area contributed by atoms with E-state index < -0.39 is 5.97 Å². The molecule has 1 aliphatic rings. The van der Waals surface area contributed by atoms with Crippen molar-refractivity contribution in [1.29, 1.82) is 0 Å². The largest absolute Gasteiger partial charge is 0.478 e. The van der Waals surface area contributed by atoms with Crippen molar-refractivity contribution in [3.63, 3.8) is 0 Å². The predicted molar refractivity (Wildman–Crippen MR) is 114 cm³/mol. The maximum atomic E-state index is 13.4. The molecule has 3 aromatic rings. The molecule has 2 atom stereocenters. The Bertz CT molecular complexity index is 1100. The zero-order valence-corrected chi connectivity index (χ0v) is 16.6. The number of nitrogens with one attached hydrogen (secondary N) is 1. The Balaban J connectivity index is 1.98. The number of piperazine rings is 1. The number of aromatic nitrogens is 1. The molecule has 0 spiro atoms. The Morgan fingerprint density at radius 3 is 2.21 bits per heavy atom. The summed E-state index contributed by atoms with van der Waals surface area (Å²) in [5.74, 6) is -1.02. The lowest BCUT2D eigenvalue weighted by atomic mass is 10.0. The van der Waals surface area contributed by atoms with E-state index in [1.807, 2.05) is 30.3 Å². The third-order valence-electron chi connectivity index (χ3n) is 5.42. The fourth-order valence-electron chi connectivity index (χ4n) is 4.42. The summed E-state index contributed by atoms with van der Waals surface area (Å²) in [5, 5.41) is 14.5. The molecule has 0 radical (unpaired) electrons. The van der Waals surface area contributed by atoms with E-state index in [9.17, 15) is 14.7 Å². The van der Waals surface area contributed by atoms with Gasteiger partial charge in [0.1, 0.15) is 0 Å². The van der Waals surface area contributed by atoms with E-state index in [0.29, 0.717) is 40.8 Å². The van der Waals surface area contributed by atoms with Crippen LogP contribution in [0.3, 0.4) is 0 Å². The number of aromatic carboxylic acids is 1. The quantitative estimate of drug-likeness (QED) is 0.715. The molecule has 0 amide bonds. The number of carbonyl (C=O) groups is 1. The summed E-state index contributed by atoms with van der Waals surface area (Å²) in [7, 11) is 0. The lowest BCUT2D eigenvalue weighted by Gasteiger charge is -2.36. The van der Waals surface area contributed by atoms with E-state index in [4.69, 9.17) is 0 Å². The number of pyridine rings is 1. The molecular formula is C23H25N3O3. The molecule has 2 unspecified atom stereocenters. The summed E-state index contributed by atoms with van der Waals surface area (Å²) in [4.78, 5) is 28.0. The van der Waals surface area contributed by atoms with Crippen LogP contribution in [0.5, 0.6) is 0 Å². The average molecular weight is 391 g/mol. The number of carboxylic acid groups (broad SMARTS) is 1. The first kappa shape index (κ1) is 19.4. The Morgan fingerprint density at radius 1 is 1.00 bits per heavy atom. The molecule has 2 aromatic carbocycles. The average Bonchev–Trinajstić information content (AvgIpc) is 2.68. The molecule has 1 fully saturated rings. The summed E-state index contributed by atoms with van der Waals surface area (Å²) in [6.07, 6.45) is 0. The topological polar surface area (TPSA) is 74.6 Å². The van der Waals surface area contributed by atoms with Crippen molar-refractivity contribution in [2.75, 3.05) is 13.1 Å². The highest BCUT2D eigenvalue weighted by atomic mass is 16.4. The van der Waals surface area contributed by atoms with Crippen LogP contribution >= 0.6 is 0 Å². The van der Waals surface area contributed by atoms with E-state index >= 15 is 0 Å². The summed E-state index contributed by atoms with van der Waals surface area (Å²) in [6, 6.07) is 16.8. The molecule has 4 rings (SSSR count). The van der Waals surface area contributed by atoms with Crippen LogP contribution in [0.15, 0.2) is 59.4 Å².